The van der Waals surface area contributed by atoms with Crippen molar-refractivity contribution in [3.05, 3.63) is 0 Å². The maximum atomic E-state index is 5.66. The van der Waals surface area contributed by atoms with Crippen LogP contribution in [0.3, 0.4) is 0 Å². The van der Waals surface area contributed by atoms with Gasteiger partial charge in [0, 0.05) is 7.11 Å². The van der Waals surface area contributed by atoms with Crippen LogP contribution in [0, 0.1) is 0 Å². The second-order valence-corrected chi connectivity index (χ2v) is 3.66. The van der Waals surface area contributed by atoms with Gasteiger partial charge in [-0.05, 0) is 26.3 Å². The first-order valence-electron chi connectivity index (χ1n) is 5.58. The van der Waals surface area contributed by atoms with Gasteiger partial charge in [0.1, 0.15) is 0 Å². The van der Waals surface area contributed by atoms with Crippen LogP contribution >= 0.6 is 0 Å². The number of hydrogen-bond acceptors (Lipinski definition) is 3. The first kappa shape index (κ1) is 13.9. The topological polar surface area (TPSA) is 30.5 Å². The molecule has 0 aliphatic carbocycles. The summed E-state index contributed by atoms with van der Waals surface area (Å²) in [5.41, 5.74) is 0. The molecule has 0 radical (unpaired) electrons. The number of ether oxygens (including phenoxy) is 2. The molecule has 1 N–H and O–H groups in total. The zero-order valence-electron chi connectivity index (χ0n) is 10.0. The Balaban J connectivity index is 3.60. The zero-order valence-corrected chi connectivity index (χ0v) is 10.0. The van der Waals surface area contributed by atoms with Crippen LogP contribution in [-0.4, -0.2) is 39.0 Å². The van der Waals surface area contributed by atoms with E-state index in [1.54, 1.807) is 7.11 Å². The van der Waals surface area contributed by atoms with Gasteiger partial charge < -0.3 is 14.8 Å². The molecule has 86 valence electrons. The maximum absolute atomic E-state index is 5.66. The average molecular weight is 203 g/mol. The van der Waals surface area contributed by atoms with Gasteiger partial charge in [-0.1, -0.05) is 13.8 Å². The fraction of sp³-hybridized carbons (Fsp3) is 1.00. The van der Waals surface area contributed by atoms with Crippen LogP contribution in [0.5, 0.6) is 0 Å². The van der Waals surface area contributed by atoms with E-state index < -0.39 is 0 Å². The summed E-state index contributed by atoms with van der Waals surface area (Å²) in [6, 6.07) is 0.328. The molecule has 0 heterocycles. The second kappa shape index (κ2) is 9.44. The Kier molecular flexibility index (Phi) is 9.35. The molecule has 2 unspecified atom stereocenters. The van der Waals surface area contributed by atoms with Crippen LogP contribution in [0.4, 0.5) is 0 Å². The van der Waals surface area contributed by atoms with Gasteiger partial charge in [-0.25, -0.2) is 0 Å². The van der Waals surface area contributed by atoms with E-state index in [-0.39, 0.29) is 0 Å². The molecule has 0 saturated heterocycles. The molecule has 0 amide bonds. The van der Waals surface area contributed by atoms with Crippen molar-refractivity contribution in [1.82, 2.24) is 5.32 Å². The van der Waals surface area contributed by atoms with Crippen LogP contribution < -0.4 is 5.32 Å². The van der Waals surface area contributed by atoms with Gasteiger partial charge in [-0.15, -0.1) is 0 Å². The Morgan fingerprint density at radius 2 is 1.93 bits per heavy atom. The number of hydrogen-bond donors (Lipinski definition) is 1. The lowest BCUT2D eigenvalue weighted by Crippen LogP contribution is -2.38. The smallest absolute Gasteiger partial charge is 0.0645 e. The molecule has 0 bridgehead atoms. The predicted molar refractivity (Wildman–Crippen MR) is 59.7 cm³/mol. The quantitative estimate of drug-likeness (QED) is 0.620. The third-order valence-corrected chi connectivity index (χ3v) is 2.21. The molecule has 0 aromatic rings. The van der Waals surface area contributed by atoms with Gasteiger partial charge in [-0.2, -0.15) is 0 Å². The van der Waals surface area contributed by atoms with Crippen LogP contribution in [0.2, 0.25) is 0 Å². The average Bonchev–Trinajstić information content (AvgIpc) is 2.21. The summed E-state index contributed by atoms with van der Waals surface area (Å²) in [6.45, 7) is 8.88. The van der Waals surface area contributed by atoms with Gasteiger partial charge in [-0.3, -0.25) is 0 Å². The van der Waals surface area contributed by atoms with Crippen molar-refractivity contribution in [2.45, 2.75) is 45.8 Å². The molecule has 0 saturated carbocycles. The van der Waals surface area contributed by atoms with Gasteiger partial charge in [0.2, 0.25) is 0 Å². The monoisotopic (exact) mass is 203 g/mol. The second-order valence-electron chi connectivity index (χ2n) is 3.66. The molecule has 0 spiro atoms. The molecule has 0 aliphatic rings. The molecule has 14 heavy (non-hydrogen) atoms. The van der Waals surface area contributed by atoms with E-state index in [0.29, 0.717) is 12.1 Å². The van der Waals surface area contributed by atoms with E-state index in [9.17, 15) is 0 Å². The summed E-state index contributed by atoms with van der Waals surface area (Å²) in [5.74, 6) is 0. The highest BCUT2D eigenvalue weighted by Crippen LogP contribution is 1.98. The van der Waals surface area contributed by atoms with Crippen molar-refractivity contribution in [2.75, 3.05) is 26.9 Å². The van der Waals surface area contributed by atoms with Gasteiger partial charge in [0.15, 0.2) is 0 Å². The van der Waals surface area contributed by atoms with E-state index >= 15 is 0 Å². The molecular weight excluding hydrogens is 178 g/mol. The number of rotatable bonds is 9. The molecule has 0 fully saturated rings. The number of methoxy groups -OCH3 is 1. The SMILES string of the molecule is CCCNC(COC)COC(C)CC. The van der Waals surface area contributed by atoms with Crippen molar-refractivity contribution in [3.8, 4) is 0 Å². The Morgan fingerprint density at radius 1 is 1.21 bits per heavy atom. The predicted octanol–water partition coefficient (Wildman–Crippen LogP) is 1.82. The summed E-state index contributed by atoms with van der Waals surface area (Å²) in [4.78, 5) is 0. The van der Waals surface area contributed by atoms with E-state index in [1.165, 1.54) is 0 Å². The molecule has 0 aliphatic heterocycles. The standard InChI is InChI=1S/C11H25NO2/c1-5-7-12-11(8-13-4)9-14-10(3)6-2/h10-12H,5-9H2,1-4H3. The largest absolute Gasteiger partial charge is 0.383 e. The van der Waals surface area contributed by atoms with Crippen molar-refractivity contribution >= 4 is 0 Å². The Morgan fingerprint density at radius 3 is 2.43 bits per heavy atom. The zero-order chi connectivity index (χ0) is 10.8. The Hall–Kier alpha value is -0.120. The molecule has 3 nitrogen and oxygen atoms in total. The van der Waals surface area contributed by atoms with Crippen LogP contribution in [0.15, 0.2) is 0 Å². The first-order valence-corrected chi connectivity index (χ1v) is 5.58. The van der Waals surface area contributed by atoms with E-state index in [4.69, 9.17) is 9.47 Å². The maximum Gasteiger partial charge on any atom is 0.0645 e. The lowest BCUT2D eigenvalue weighted by molar-refractivity contribution is 0.0288. The fourth-order valence-corrected chi connectivity index (χ4v) is 1.11. The summed E-state index contributed by atoms with van der Waals surface area (Å²) in [5, 5.41) is 3.40. The van der Waals surface area contributed by atoms with Gasteiger partial charge in [0.25, 0.3) is 0 Å². The van der Waals surface area contributed by atoms with Crippen LogP contribution in [-0.2, 0) is 9.47 Å². The lowest BCUT2D eigenvalue weighted by atomic mass is 10.3. The van der Waals surface area contributed by atoms with Crippen LogP contribution in [0.1, 0.15) is 33.6 Å². The summed E-state index contributed by atoms with van der Waals surface area (Å²) < 4.78 is 10.8. The highest BCUT2D eigenvalue weighted by molar-refractivity contribution is 4.65. The minimum absolute atomic E-state index is 0.328. The molecule has 0 rings (SSSR count). The normalized spacial score (nSPS) is 15.4. The summed E-state index contributed by atoms with van der Waals surface area (Å²) in [7, 11) is 1.73. The van der Waals surface area contributed by atoms with Gasteiger partial charge >= 0.3 is 0 Å². The first-order chi connectivity index (χ1) is 6.74. The molecule has 2 atom stereocenters. The molecule has 0 aromatic heterocycles. The minimum atomic E-state index is 0.328. The summed E-state index contributed by atoms with van der Waals surface area (Å²) in [6.07, 6.45) is 2.55. The lowest BCUT2D eigenvalue weighted by Gasteiger charge is -2.20. The van der Waals surface area contributed by atoms with E-state index in [2.05, 4.69) is 26.1 Å². The van der Waals surface area contributed by atoms with Gasteiger partial charge in [0.05, 0.1) is 25.4 Å². The third-order valence-electron chi connectivity index (χ3n) is 2.21. The minimum Gasteiger partial charge on any atom is -0.383 e. The third kappa shape index (κ3) is 7.30. The number of nitrogens with one attached hydrogen (secondary N) is 1. The van der Waals surface area contributed by atoms with Crippen LogP contribution in [0.25, 0.3) is 0 Å². The Labute approximate surface area is 88.2 Å². The molecule has 0 aromatic carbocycles. The van der Waals surface area contributed by atoms with Crippen molar-refractivity contribution in [3.63, 3.8) is 0 Å². The van der Waals surface area contributed by atoms with Crippen molar-refractivity contribution in [2.24, 2.45) is 0 Å². The summed E-state index contributed by atoms with van der Waals surface area (Å²) >= 11 is 0. The Bertz CT molecular complexity index is 120. The highest BCUT2D eigenvalue weighted by atomic mass is 16.5. The molecular formula is C11H25NO2. The van der Waals surface area contributed by atoms with Crippen molar-refractivity contribution in [1.29, 1.82) is 0 Å². The van der Waals surface area contributed by atoms with Crippen molar-refractivity contribution < 1.29 is 9.47 Å². The fourth-order valence-electron chi connectivity index (χ4n) is 1.11. The molecule has 3 heteroatoms. The van der Waals surface area contributed by atoms with E-state index in [1.807, 2.05) is 0 Å². The highest BCUT2D eigenvalue weighted by Gasteiger charge is 2.08. The van der Waals surface area contributed by atoms with E-state index in [0.717, 1.165) is 32.6 Å².